The fourth-order valence-corrected chi connectivity index (χ4v) is 2.78. The first-order valence-electron chi connectivity index (χ1n) is 7.23. The first kappa shape index (κ1) is 16.6. The highest BCUT2D eigenvalue weighted by Gasteiger charge is 2.10. The first-order chi connectivity index (χ1) is 10.6. The second-order valence-corrected chi connectivity index (χ2v) is 6.36. The number of nitrogens with zero attached hydrogens (tertiary/aromatic N) is 2. The van der Waals surface area contributed by atoms with Gasteiger partial charge in [0.1, 0.15) is 0 Å². The molecule has 1 heterocycles. The van der Waals surface area contributed by atoms with E-state index in [2.05, 4.69) is 19.6 Å². The summed E-state index contributed by atoms with van der Waals surface area (Å²) in [5, 5.41) is 3.92. The van der Waals surface area contributed by atoms with E-state index < -0.39 is 10.2 Å². The molecule has 0 fully saturated rings. The topological polar surface area (TPSA) is 97.1 Å². The van der Waals surface area contributed by atoms with Crippen molar-refractivity contribution in [2.75, 3.05) is 13.1 Å². The Morgan fingerprint density at radius 3 is 2.59 bits per heavy atom. The van der Waals surface area contributed by atoms with E-state index >= 15 is 0 Å². The highest BCUT2D eigenvalue weighted by Crippen LogP contribution is 2.15. The minimum Gasteiger partial charge on any atom is -0.339 e. The quantitative estimate of drug-likeness (QED) is 0.681. The Labute approximate surface area is 130 Å². The summed E-state index contributed by atoms with van der Waals surface area (Å²) in [5.41, 5.74) is 0.891. The smallest absolute Gasteiger partial charge is 0.276 e. The van der Waals surface area contributed by atoms with Gasteiger partial charge in [0.15, 0.2) is 0 Å². The molecule has 2 rings (SSSR count). The Kier molecular flexibility index (Phi) is 6.05. The molecule has 1 aromatic heterocycles. The van der Waals surface area contributed by atoms with Crippen LogP contribution >= 0.6 is 0 Å². The summed E-state index contributed by atoms with van der Waals surface area (Å²) < 4.78 is 33.1. The van der Waals surface area contributed by atoms with E-state index in [1.165, 1.54) is 0 Å². The second-order valence-electron chi connectivity index (χ2n) is 4.77. The lowest BCUT2D eigenvalue weighted by Crippen LogP contribution is -2.37. The molecule has 0 saturated carbocycles. The van der Waals surface area contributed by atoms with Crippen molar-refractivity contribution in [3.05, 3.63) is 36.2 Å². The van der Waals surface area contributed by atoms with Gasteiger partial charge in [0, 0.05) is 25.1 Å². The monoisotopic (exact) mass is 324 g/mol. The molecule has 0 bridgehead atoms. The van der Waals surface area contributed by atoms with E-state index in [1.807, 2.05) is 37.3 Å². The predicted octanol–water partition coefficient (Wildman–Crippen LogP) is 1.50. The van der Waals surface area contributed by atoms with Gasteiger partial charge in [0.2, 0.25) is 11.7 Å². The van der Waals surface area contributed by atoms with Crippen LogP contribution in [0.4, 0.5) is 0 Å². The van der Waals surface area contributed by atoms with Crippen LogP contribution in [0.15, 0.2) is 34.9 Å². The SMILES string of the molecule is CCCNS(=O)(=O)NCCCc1nc(-c2ccccc2)no1. The molecule has 2 N–H and O–H groups in total. The number of nitrogens with one attached hydrogen (secondary N) is 2. The number of rotatable bonds is 9. The molecular weight excluding hydrogens is 304 g/mol. The molecule has 0 radical (unpaired) electrons. The van der Waals surface area contributed by atoms with Crippen molar-refractivity contribution in [1.82, 2.24) is 19.6 Å². The van der Waals surface area contributed by atoms with Crippen molar-refractivity contribution >= 4 is 10.2 Å². The van der Waals surface area contributed by atoms with Crippen LogP contribution in [0, 0.1) is 0 Å². The van der Waals surface area contributed by atoms with Crippen LogP contribution in [0.2, 0.25) is 0 Å². The molecule has 0 aliphatic heterocycles. The standard InChI is InChI=1S/C14H20N4O3S/c1-2-10-15-22(19,20)16-11-6-9-13-17-14(18-21-13)12-7-4-3-5-8-12/h3-5,7-8,15-16H,2,6,9-11H2,1H3. The summed E-state index contributed by atoms with van der Waals surface area (Å²) >= 11 is 0. The van der Waals surface area contributed by atoms with Gasteiger partial charge in [0.05, 0.1) is 0 Å². The maximum absolute atomic E-state index is 11.5. The summed E-state index contributed by atoms with van der Waals surface area (Å²) in [6.45, 7) is 2.66. The number of hydrogen-bond donors (Lipinski definition) is 2. The number of aryl methyl sites for hydroxylation is 1. The third-order valence-electron chi connectivity index (χ3n) is 2.90. The largest absolute Gasteiger partial charge is 0.339 e. The minimum atomic E-state index is -3.40. The van der Waals surface area contributed by atoms with Crippen LogP contribution in [0.1, 0.15) is 25.7 Å². The third kappa shape index (κ3) is 5.21. The second kappa shape index (κ2) is 8.02. The lowest BCUT2D eigenvalue weighted by molar-refractivity contribution is 0.376. The van der Waals surface area contributed by atoms with Gasteiger partial charge in [-0.15, -0.1) is 0 Å². The number of benzene rings is 1. The van der Waals surface area contributed by atoms with E-state index in [9.17, 15) is 8.42 Å². The molecule has 120 valence electrons. The van der Waals surface area contributed by atoms with E-state index in [0.29, 0.717) is 37.6 Å². The molecule has 0 spiro atoms. The van der Waals surface area contributed by atoms with Crippen molar-refractivity contribution in [2.45, 2.75) is 26.2 Å². The Balaban J connectivity index is 1.78. The van der Waals surface area contributed by atoms with Gasteiger partial charge in [-0.1, -0.05) is 42.4 Å². The number of hydrogen-bond acceptors (Lipinski definition) is 5. The van der Waals surface area contributed by atoms with Gasteiger partial charge >= 0.3 is 0 Å². The Hall–Kier alpha value is -1.77. The lowest BCUT2D eigenvalue weighted by Gasteiger charge is -2.06. The molecule has 0 saturated heterocycles. The van der Waals surface area contributed by atoms with Gasteiger partial charge in [-0.25, -0.2) is 9.44 Å². The molecular formula is C14H20N4O3S. The summed E-state index contributed by atoms with van der Waals surface area (Å²) in [6.07, 6.45) is 1.87. The highest BCUT2D eigenvalue weighted by atomic mass is 32.2. The molecule has 0 aliphatic rings. The summed E-state index contributed by atoms with van der Waals surface area (Å²) in [6, 6.07) is 9.54. The predicted molar refractivity (Wildman–Crippen MR) is 83.3 cm³/mol. The van der Waals surface area contributed by atoms with Gasteiger partial charge in [-0.3, -0.25) is 0 Å². The number of aromatic nitrogens is 2. The zero-order valence-electron chi connectivity index (χ0n) is 12.4. The van der Waals surface area contributed by atoms with Crippen LogP contribution in [-0.2, 0) is 16.6 Å². The molecule has 8 heteroatoms. The maximum Gasteiger partial charge on any atom is 0.276 e. The zero-order valence-corrected chi connectivity index (χ0v) is 13.3. The Morgan fingerprint density at radius 2 is 1.86 bits per heavy atom. The first-order valence-corrected chi connectivity index (χ1v) is 8.71. The maximum atomic E-state index is 11.5. The van der Waals surface area contributed by atoms with Gasteiger partial charge in [-0.2, -0.15) is 13.4 Å². The summed E-state index contributed by atoms with van der Waals surface area (Å²) in [5.74, 6) is 1.04. The van der Waals surface area contributed by atoms with Crippen LogP contribution < -0.4 is 9.44 Å². The van der Waals surface area contributed by atoms with Crippen LogP contribution in [-0.4, -0.2) is 31.6 Å². The summed E-state index contributed by atoms with van der Waals surface area (Å²) in [4.78, 5) is 4.29. The van der Waals surface area contributed by atoms with Crippen molar-refractivity contribution in [2.24, 2.45) is 0 Å². The van der Waals surface area contributed by atoms with E-state index in [0.717, 1.165) is 12.0 Å². The minimum absolute atomic E-state index is 0.322. The molecule has 1 aromatic carbocycles. The van der Waals surface area contributed by atoms with Crippen molar-refractivity contribution < 1.29 is 12.9 Å². The molecule has 0 amide bonds. The fourth-order valence-electron chi connectivity index (χ4n) is 1.79. The molecule has 22 heavy (non-hydrogen) atoms. The molecule has 0 unspecified atom stereocenters. The summed E-state index contributed by atoms with van der Waals surface area (Å²) in [7, 11) is -3.40. The average molecular weight is 324 g/mol. The van der Waals surface area contributed by atoms with E-state index in [4.69, 9.17) is 4.52 Å². The van der Waals surface area contributed by atoms with Gasteiger partial charge < -0.3 is 4.52 Å². The average Bonchev–Trinajstić information content (AvgIpc) is 2.99. The van der Waals surface area contributed by atoms with Crippen molar-refractivity contribution in [3.8, 4) is 11.4 Å². The molecule has 7 nitrogen and oxygen atoms in total. The van der Waals surface area contributed by atoms with Crippen molar-refractivity contribution in [1.29, 1.82) is 0 Å². The fraction of sp³-hybridized carbons (Fsp3) is 0.429. The van der Waals surface area contributed by atoms with Gasteiger partial charge in [0.25, 0.3) is 10.2 Å². The van der Waals surface area contributed by atoms with Gasteiger partial charge in [-0.05, 0) is 12.8 Å². The molecule has 0 atom stereocenters. The molecule has 2 aromatic rings. The van der Waals surface area contributed by atoms with Crippen molar-refractivity contribution in [3.63, 3.8) is 0 Å². The van der Waals surface area contributed by atoms with E-state index in [1.54, 1.807) is 0 Å². The normalized spacial score (nSPS) is 11.7. The lowest BCUT2D eigenvalue weighted by atomic mass is 10.2. The Bertz CT molecular complexity index is 670. The Morgan fingerprint density at radius 1 is 1.14 bits per heavy atom. The van der Waals surface area contributed by atoms with E-state index in [-0.39, 0.29) is 0 Å². The highest BCUT2D eigenvalue weighted by molar-refractivity contribution is 7.87. The van der Waals surface area contributed by atoms with Crippen LogP contribution in [0.3, 0.4) is 0 Å². The van der Waals surface area contributed by atoms with Crippen LogP contribution in [0.25, 0.3) is 11.4 Å². The molecule has 0 aliphatic carbocycles. The van der Waals surface area contributed by atoms with Crippen LogP contribution in [0.5, 0.6) is 0 Å². The third-order valence-corrected chi connectivity index (χ3v) is 4.07. The zero-order chi connectivity index (χ0) is 15.8.